The summed E-state index contributed by atoms with van der Waals surface area (Å²) in [6.45, 7) is 5.25. The Morgan fingerprint density at radius 2 is 1.83 bits per heavy atom. The van der Waals surface area contributed by atoms with Gasteiger partial charge in [-0.3, -0.25) is 9.59 Å². The van der Waals surface area contributed by atoms with Crippen molar-refractivity contribution in [2.24, 2.45) is 0 Å². The van der Waals surface area contributed by atoms with E-state index >= 15 is 0 Å². The fraction of sp³-hybridized carbons (Fsp3) is 0.222. The van der Waals surface area contributed by atoms with Gasteiger partial charge in [0, 0.05) is 12.6 Å². The molecule has 0 fully saturated rings. The molecule has 2 aromatic carbocycles. The van der Waals surface area contributed by atoms with Gasteiger partial charge >= 0.3 is 0 Å². The van der Waals surface area contributed by atoms with Crippen molar-refractivity contribution in [2.75, 3.05) is 16.8 Å². The number of para-hydroxylation sites is 1. The second-order valence-electron chi connectivity index (χ2n) is 5.42. The van der Waals surface area contributed by atoms with E-state index in [4.69, 9.17) is 11.6 Å². The summed E-state index contributed by atoms with van der Waals surface area (Å²) in [5, 5.41) is 3.19. The lowest BCUT2D eigenvalue weighted by Crippen LogP contribution is -2.37. The summed E-state index contributed by atoms with van der Waals surface area (Å²) in [5.74, 6) is -0.484. The minimum Gasteiger partial charge on any atom is -0.323 e. The van der Waals surface area contributed by atoms with Gasteiger partial charge in [-0.1, -0.05) is 35.9 Å². The van der Waals surface area contributed by atoms with Gasteiger partial charge in [0.05, 0.1) is 10.7 Å². The number of halogens is 1. The molecule has 2 amide bonds. The van der Waals surface area contributed by atoms with Gasteiger partial charge in [0.25, 0.3) is 0 Å². The van der Waals surface area contributed by atoms with Crippen molar-refractivity contribution >= 4 is 34.8 Å². The molecule has 0 spiro atoms. The first kappa shape index (κ1) is 17.0. The second-order valence-corrected chi connectivity index (χ2v) is 5.83. The Morgan fingerprint density at radius 1 is 1.13 bits per heavy atom. The summed E-state index contributed by atoms with van der Waals surface area (Å²) in [4.78, 5) is 25.7. The summed E-state index contributed by atoms with van der Waals surface area (Å²) in [6, 6.07) is 12.8. The number of hydrogen-bond acceptors (Lipinski definition) is 2. The smallest absolute Gasteiger partial charge is 0.244 e. The van der Waals surface area contributed by atoms with E-state index in [-0.39, 0.29) is 18.4 Å². The first-order valence-electron chi connectivity index (χ1n) is 7.28. The van der Waals surface area contributed by atoms with Gasteiger partial charge in [0.15, 0.2) is 0 Å². The molecule has 2 aromatic rings. The first-order valence-corrected chi connectivity index (χ1v) is 7.66. The maximum Gasteiger partial charge on any atom is 0.244 e. The zero-order chi connectivity index (χ0) is 17.0. The zero-order valence-corrected chi connectivity index (χ0v) is 14.1. The van der Waals surface area contributed by atoms with E-state index in [2.05, 4.69) is 5.32 Å². The Kier molecular flexibility index (Phi) is 5.40. The molecule has 0 radical (unpaired) electrons. The van der Waals surface area contributed by atoms with E-state index in [1.807, 2.05) is 32.0 Å². The van der Waals surface area contributed by atoms with Crippen LogP contribution in [0, 0.1) is 13.8 Å². The van der Waals surface area contributed by atoms with Gasteiger partial charge in [0.1, 0.15) is 6.54 Å². The van der Waals surface area contributed by atoms with Crippen LogP contribution in [0.5, 0.6) is 0 Å². The third-order valence-corrected chi connectivity index (χ3v) is 3.81. The highest BCUT2D eigenvalue weighted by molar-refractivity contribution is 6.33. The summed E-state index contributed by atoms with van der Waals surface area (Å²) >= 11 is 6.04. The minimum atomic E-state index is -0.297. The average molecular weight is 331 g/mol. The van der Waals surface area contributed by atoms with Crippen molar-refractivity contribution in [3.8, 4) is 0 Å². The predicted octanol–water partition coefficient (Wildman–Crippen LogP) is 3.95. The molecule has 5 heteroatoms. The molecule has 0 aromatic heterocycles. The Balaban J connectivity index is 2.20. The SMILES string of the molecule is CC(=O)N(CC(=O)Nc1ccccc1Cl)c1cc(C)ccc1C. The molecule has 4 nitrogen and oxygen atoms in total. The molecule has 0 aliphatic carbocycles. The molecule has 0 heterocycles. The van der Waals surface area contributed by atoms with Gasteiger partial charge < -0.3 is 10.2 Å². The highest BCUT2D eigenvalue weighted by atomic mass is 35.5. The van der Waals surface area contributed by atoms with Crippen molar-refractivity contribution in [3.05, 3.63) is 58.6 Å². The molecule has 2 rings (SSSR count). The molecule has 0 unspecified atom stereocenters. The molecule has 0 atom stereocenters. The van der Waals surface area contributed by atoms with Crippen LogP contribution < -0.4 is 10.2 Å². The molecule has 0 aliphatic heterocycles. The summed E-state index contributed by atoms with van der Waals surface area (Å²) in [5.41, 5.74) is 3.25. The zero-order valence-electron chi connectivity index (χ0n) is 13.4. The molecule has 0 bridgehead atoms. The van der Waals surface area contributed by atoms with E-state index in [1.54, 1.807) is 24.3 Å². The van der Waals surface area contributed by atoms with Gasteiger partial charge in [-0.15, -0.1) is 0 Å². The van der Waals surface area contributed by atoms with Crippen LogP contribution in [0.15, 0.2) is 42.5 Å². The Hall–Kier alpha value is -2.33. The molecule has 0 aliphatic rings. The van der Waals surface area contributed by atoms with E-state index in [1.165, 1.54) is 11.8 Å². The fourth-order valence-electron chi connectivity index (χ4n) is 2.27. The van der Waals surface area contributed by atoms with Crippen LogP contribution in [-0.4, -0.2) is 18.4 Å². The lowest BCUT2D eigenvalue weighted by atomic mass is 10.1. The Bertz CT molecular complexity index is 744. The normalized spacial score (nSPS) is 10.3. The second kappa shape index (κ2) is 7.29. The summed E-state index contributed by atoms with van der Waals surface area (Å²) in [6.07, 6.45) is 0. The maximum atomic E-state index is 12.3. The van der Waals surface area contributed by atoms with Crippen LogP contribution in [-0.2, 0) is 9.59 Å². The third-order valence-electron chi connectivity index (χ3n) is 3.49. The molecule has 1 N–H and O–H groups in total. The highest BCUT2D eigenvalue weighted by Crippen LogP contribution is 2.23. The largest absolute Gasteiger partial charge is 0.323 e. The van der Waals surface area contributed by atoms with Gasteiger partial charge in [0.2, 0.25) is 11.8 Å². The number of carbonyl (C=O) groups is 2. The van der Waals surface area contributed by atoms with E-state index in [0.717, 1.165) is 16.8 Å². The average Bonchev–Trinajstić information content (AvgIpc) is 2.49. The lowest BCUT2D eigenvalue weighted by molar-refractivity contribution is -0.120. The van der Waals surface area contributed by atoms with Crippen LogP contribution in [0.1, 0.15) is 18.1 Å². The lowest BCUT2D eigenvalue weighted by Gasteiger charge is -2.23. The van der Waals surface area contributed by atoms with E-state index in [0.29, 0.717) is 10.7 Å². The number of benzene rings is 2. The van der Waals surface area contributed by atoms with Crippen LogP contribution in [0.25, 0.3) is 0 Å². The molecule has 120 valence electrons. The molecular formula is C18H19ClN2O2. The van der Waals surface area contributed by atoms with E-state index < -0.39 is 0 Å². The number of nitrogens with zero attached hydrogens (tertiary/aromatic N) is 1. The van der Waals surface area contributed by atoms with Gasteiger partial charge in [-0.25, -0.2) is 0 Å². The number of amides is 2. The monoisotopic (exact) mass is 330 g/mol. The molecule has 0 saturated carbocycles. The topological polar surface area (TPSA) is 49.4 Å². The number of carbonyl (C=O) groups excluding carboxylic acids is 2. The van der Waals surface area contributed by atoms with Gasteiger partial charge in [-0.05, 0) is 43.2 Å². The van der Waals surface area contributed by atoms with Crippen molar-refractivity contribution in [1.82, 2.24) is 0 Å². The number of aryl methyl sites for hydroxylation is 2. The first-order chi connectivity index (χ1) is 10.9. The van der Waals surface area contributed by atoms with Crippen LogP contribution >= 0.6 is 11.6 Å². The van der Waals surface area contributed by atoms with Crippen LogP contribution in [0.2, 0.25) is 5.02 Å². The van der Waals surface area contributed by atoms with Gasteiger partial charge in [-0.2, -0.15) is 0 Å². The quantitative estimate of drug-likeness (QED) is 0.922. The van der Waals surface area contributed by atoms with E-state index in [9.17, 15) is 9.59 Å². The fourth-order valence-corrected chi connectivity index (χ4v) is 2.46. The summed E-state index contributed by atoms with van der Waals surface area (Å²) in [7, 11) is 0. The van der Waals surface area contributed by atoms with Crippen LogP contribution in [0.4, 0.5) is 11.4 Å². The number of anilines is 2. The number of nitrogens with one attached hydrogen (secondary N) is 1. The van der Waals surface area contributed by atoms with Crippen molar-refractivity contribution < 1.29 is 9.59 Å². The predicted molar refractivity (Wildman–Crippen MR) is 94.0 cm³/mol. The van der Waals surface area contributed by atoms with Crippen LogP contribution in [0.3, 0.4) is 0 Å². The van der Waals surface area contributed by atoms with Crippen molar-refractivity contribution in [1.29, 1.82) is 0 Å². The van der Waals surface area contributed by atoms with Crippen molar-refractivity contribution in [2.45, 2.75) is 20.8 Å². The highest BCUT2D eigenvalue weighted by Gasteiger charge is 2.18. The minimum absolute atomic E-state index is 0.0646. The summed E-state index contributed by atoms with van der Waals surface area (Å²) < 4.78 is 0. The Morgan fingerprint density at radius 3 is 2.48 bits per heavy atom. The standard InChI is InChI=1S/C18H19ClN2O2/c1-12-8-9-13(2)17(10-12)21(14(3)22)11-18(23)20-16-7-5-4-6-15(16)19/h4-10H,11H2,1-3H3,(H,20,23). The number of rotatable bonds is 4. The molecule has 23 heavy (non-hydrogen) atoms. The maximum absolute atomic E-state index is 12.3. The molecule has 0 saturated heterocycles. The molecular weight excluding hydrogens is 312 g/mol. The van der Waals surface area contributed by atoms with Crippen molar-refractivity contribution in [3.63, 3.8) is 0 Å². The third kappa shape index (κ3) is 4.33. The Labute approximate surface area is 141 Å². The number of hydrogen-bond donors (Lipinski definition) is 1.